The van der Waals surface area contributed by atoms with Crippen molar-refractivity contribution in [3.8, 4) is 0 Å². The first-order valence-corrected chi connectivity index (χ1v) is 8.66. The van der Waals surface area contributed by atoms with E-state index in [4.69, 9.17) is 0 Å². The molecule has 1 aliphatic heterocycles. The minimum absolute atomic E-state index is 0.880. The molecule has 0 unspecified atom stereocenters. The highest BCUT2D eigenvalue weighted by Gasteiger charge is 2.17. The summed E-state index contributed by atoms with van der Waals surface area (Å²) in [6.07, 6.45) is 0. The summed E-state index contributed by atoms with van der Waals surface area (Å²) in [7, 11) is 0. The van der Waals surface area contributed by atoms with Crippen LogP contribution in [-0.2, 0) is 0 Å². The summed E-state index contributed by atoms with van der Waals surface area (Å²) in [4.78, 5) is 2.44. The molecule has 0 radical (unpaired) electrons. The van der Waals surface area contributed by atoms with Crippen molar-refractivity contribution in [2.24, 2.45) is 10.3 Å². The average Bonchev–Trinajstić information content (AvgIpc) is 2.57. The zero-order chi connectivity index (χ0) is 16.2. The molecule has 4 nitrogen and oxygen atoms in total. The van der Waals surface area contributed by atoms with Gasteiger partial charge in [0.05, 0.1) is 18.8 Å². The highest BCUT2D eigenvalue weighted by atomic mass is 79.9. The Balaban J connectivity index is 1.60. The number of piperazine rings is 1. The SMILES string of the molecule is Cc1cccc(N2CCN(/N=N/c3ccc(Br)cc3)CC2)c1C. The highest BCUT2D eigenvalue weighted by Crippen LogP contribution is 2.24. The molecule has 1 heterocycles. The molecule has 2 aromatic carbocycles. The fourth-order valence-electron chi connectivity index (χ4n) is 2.73. The quantitative estimate of drug-likeness (QED) is 0.718. The Morgan fingerprint density at radius 3 is 2.30 bits per heavy atom. The summed E-state index contributed by atoms with van der Waals surface area (Å²) in [5.41, 5.74) is 4.94. The standard InChI is InChI=1S/C18H21BrN4/c1-14-4-3-5-18(15(14)2)22-10-12-23(13-11-22)21-20-17-8-6-16(19)7-9-17/h3-9H,10-13H2,1-2H3/b21-20+. The molecular formula is C18H21BrN4. The van der Waals surface area contributed by atoms with Gasteiger partial charge < -0.3 is 4.90 Å². The zero-order valence-corrected chi connectivity index (χ0v) is 15.1. The molecule has 23 heavy (non-hydrogen) atoms. The first-order valence-electron chi connectivity index (χ1n) is 7.87. The van der Waals surface area contributed by atoms with Crippen molar-refractivity contribution in [3.63, 3.8) is 0 Å². The maximum atomic E-state index is 4.37. The molecule has 0 amide bonds. The number of hydrogen-bond donors (Lipinski definition) is 0. The molecule has 5 heteroatoms. The molecule has 0 N–H and O–H groups in total. The second-order valence-corrected chi connectivity index (χ2v) is 6.74. The second-order valence-electron chi connectivity index (χ2n) is 5.83. The largest absolute Gasteiger partial charge is 0.368 e. The van der Waals surface area contributed by atoms with Crippen LogP contribution in [-0.4, -0.2) is 31.2 Å². The van der Waals surface area contributed by atoms with Gasteiger partial charge in [0.2, 0.25) is 0 Å². The molecule has 0 atom stereocenters. The maximum absolute atomic E-state index is 4.37. The summed E-state index contributed by atoms with van der Waals surface area (Å²) >= 11 is 3.42. The first-order chi connectivity index (χ1) is 11.1. The van der Waals surface area contributed by atoms with Crippen molar-refractivity contribution in [3.05, 3.63) is 58.1 Å². The van der Waals surface area contributed by atoms with Crippen LogP contribution in [0.5, 0.6) is 0 Å². The van der Waals surface area contributed by atoms with Crippen LogP contribution in [0.1, 0.15) is 11.1 Å². The minimum Gasteiger partial charge on any atom is -0.368 e. The van der Waals surface area contributed by atoms with E-state index in [-0.39, 0.29) is 0 Å². The Labute approximate surface area is 145 Å². The predicted molar refractivity (Wildman–Crippen MR) is 98.4 cm³/mol. The number of aryl methyl sites for hydroxylation is 1. The van der Waals surface area contributed by atoms with E-state index in [9.17, 15) is 0 Å². The topological polar surface area (TPSA) is 31.2 Å². The fourth-order valence-corrected chi connectivity index (χ4v) is 2.99. The number of rotatable bonds is 3. The van der Waals surface area contributed by atoms with Gasteiger partial charge in [-0.25, -0.2) is 0 Å². The van der Waals surface area contributed by atoms with Crippen molar-refractivity contribution in [2.75, 3.05) is 31.1 Å². The molecule has 1 fully saturated rings. The number of benzene rings is 2. The van der Waals surface area contributed by atoms with E-state index < -0.39 is 0 Å². The van der Waals surface area contributed by atoms with Crippen LogP contribution >= 0.6 is 15.9 Å². The third-order valence-corrected chi connectivity index (χ3v) is 4.81. The molecule has 2 aromatic rings. The van der Waals surface area contributed by atoms with Gasteiger partial charge in [-0.05, 0) is 55.3 Å². The predicted octanol–water partition coefficient (Wildman–Crippen LogP) is 4.89. The third-order valence-electron chi connectivity index (χ3n) is 4.29. The first kappa shape index (κ1) is 16.0. The number of hydrogen-bond acceptors (Lipinski definition) is 3. The number of halogens is 1. The van der Waals surface area contributed by atoms with Gasteiger partial charge in [0.15, 0.2) is 0 Å². The van der Waals surface area contributed by atoms with E-state index in [1.807, 2.05) is 29.3 Å². The lowest BCUT2D eigenvalue weighted by atomic mass is 10.1. The molecule has 0 aliphatic carbocycles. The van der Waals surface area contributed by atoms with Crippen molar-refractivity contribution in [2.45, 2.75) is 13.8 Å². The van der Waals surface area contributed by atoms with E-state index in [1.165, 1.54) is 16.8 Å². The minimum atomic E-state index is 0.880. The van der Waals surface area contributed by atoms with E-state index in [1.54, 1.807) is 0 Å². The molecule has 0 bridgehead atoms. The summed E-state index contributed by atoms with van der Waals surface area (Å²) < 4.78 is 1.05. The monoisotopic (exact) mass is 372 g/mol. The molecule has 0 saturated carbocycles. The van der Waals surface area contributed by atoms with Crippen LogP contribution in [0, 0.1) is 13.8 Å². The van der Waals surface area contributed by atoms with Gasteiger partial charge in [-0.15, -0.1) is 5.11 Å². The lowest BCUT2D eigenvalue weighted by Gasteiger charge is -2.35. The number of nitrogens with zero attached hydrogens (tertiary/aromatic N) is 4. The van der Waals surface area contributed by atoms with E-state index >= 15 is 0 Å². The summed E-state index contributed by atoms with van der Waals surface area (Å²) in [6, 6.07) is 14.4. The smallest absolute Gasteiger partial charge is 0.0875 e. The maximum Gasteiger partial charge on any atom is 0.0875 e. The zero-order valence-electron chi connectivity index (χ0n) is 13.5. The normalized spacial score (nSPS) is 15.4. The van der Waals surface area contributed by atoms with Crippen molar-refractivity contribution >= 4 is 27.3 Å². The van der Waals surface area contributed by atoms with Gasteiger partial charge in [0, 0.05) is 23.2 Å². The second kappa shape index (κ2) is 7.13. The van der Waals surface area contributed by atoms with Crippen molar-refractivity contribution in [1.29, 1.82) is 0 Å². The van der Waals surface area contributed by atoms with E-state index in [0.29, 0.717) is 0 Å². The van der Waals surface area contributed by atoms with Gasteiger partial charge in [0.1, 0.15) is 0 Å². The van der Waals surface area contributed by atoms with Gasteiger partial charge >= 0.3 is 0 Å². The fraction of sp³-hybridized carbons (Fsp3) is 0.333. The lowest BCUT2D eigenvalue weighted by Crippen LogP contribution is -2.44. The summed E-state index contributed by atoms with van der Waals surface area (Å²) in [5.74, 6) is 0. The van der Waals surface area contributed by atoms with Crippen LogP contribution in [0.2, 0.25) is 0 Å². The van der Waals surface area contributed by atoms with Gasteiger partial charge in [-0.2, -0.15) is 0 Å². The Morgan fingerprint density at radius 1 is 0.913 bits per heavy atom. The van der Waals surface area contributed by atoms with E-state index in [2.05, 4.69) is 63.2 Å². The molecular weight excluding hydrogens is 352 g/mol. The Bertz CT molecular complexity index is 689. The van der Waals surface area contributed by atoms with Gasteiger partial charge in [0.25, 0.3) is 0 Å². The highest BCUT2D eigenvalue weighted by molar-refractivity contribution is 9.10. The van der Waals surface area contributed by atoms with Gasteiger partial charge in [-0.1, -0.05) is 33.3 Å². The van der Waals surface area contributed by atoms with Crippen LogP contribution in [0.15, 0.2) is 57.3 Å². The average molecular weight is 373 g/mol. The number of anilines is 1. The molecule has 0 spiro atoms. The van der Waals surface area contributed by atoms with Crippen LogP contribution in [0.3, 0.4) is 0 Å². The summed E-state index contributed by atoms with van der Waals surface area (Å²) in [5, 5.41) is 10.7. The van der Waals surface area contributed by atoms with E-state index in [0.717, 1.165) is 36.3 Å². The van der Waals surface area contributed by atoms with Crippen LogP contribution in [0.25, 0.3) is 0 Å². The Hall–Kier alpha value is -1.88. The van der Waals surface area contributed by atoms with Crippen LogP contribution < -0.4 is 4.90 Å². The van der Waals surface area contributed by atoms with Crippen molar-refractivity contribution < 1.29 is 0 Å². The van der Waals surface area contributed by atoms with Crippen LogP contribution in [0.4, 0.5) is 11.4 Å². The molecule has 1 aliphatic rings. The summed E-state index contributed by atoms with van der Waals surface area (Å²) in [6.45, 7) is 8.11. The Kier molecular flexibility index (Phi) is 4.96. The molecule has 1 saturated heterocycles. The molecule has 120 valence electrons. The molecule has 3 rings (SSSR count). The lowest BCUT2D eigenvalue weighted by molar-refractivity contribution is 0.254. The Morgan fingerprint density at radius 2 is 1.61 bits per heavy atom. The van der Waals surface area contributed by atoms with Gasteiger partial charge in [-0.3, -0.25) is 5.01 Å². The third kappa shape index (κ3) is 3.91. The van der Waals surface area contributed by atoms with Crippen molar-refractivity contribution in [1.82, 2.24) is 5.01 Å². The molecule has 0 aromatic heterocycles.